The summed E-state index contributed by atoms with van der Waals surface area (Å²) in [5.41, 5.74) is 1.08. The molecule has 1 aromatic carbocycles. The largest absolute Gasteiger partial charge is 0.484 e. The van der Waals surface area contributed by atoms with Crippen molar-refractivity contribution in [3.63, 3.8) is 0 Å². The Labute approximate surface area is 171 Å². The Balaban J connectivity index is 1.86. The first-order valence-corrected chi connectivity index (χ1v) is 10.1. The molecule has 0 saturated heterocycles. The van der Waals surface area contributed by atoms with E-state index >= 15 is 0 Å². The molecule has 0 radical (unpaired) electrons. The van der Waals surface area contributed by atoms with Crippen molar-refractivity contribution in [2.75, 3.05) is 34.3 Å². The van der Waals surface area contributed by atoms with E-state index in [1.54, 1.807) is 32.5 Å². The zero-order chi connectivity index (χ0) is 20.6. The van der Waals surface area contributed by atoms with Gasteiger partial charge in [-0.05, 0) is 29.1 Å². The highest BCUT2D eigenvalue weighted by Gasteiger charge is 2.21. The summed E-state index contributed by atoms with van der Waals surface area (Å²) >= 11 is 1.77. The number of ether oxygens (including phenoxy) is 1. The van der Waals surface area contributed by atoms with Crippen molar-refractivity contribution < 1.29 is 9.53 Å². The van der Waals surface area contributed by atoms with Crippen LogP contribution in [0, 0.1) is 0 Å². The van der Waals surface area contributed by atoms with Crippen molar-refractivity contribution >= 4 is 23.2 Å². The number of nitrogens with zero attached hydrogens (tertiary/aromatic N) is 2. The van der Waals surface area contributed by atoms with Crippen LogP contribution >= 0.6 is 11.3 Å². The SMILES string of the molecule is CN=C(NCc1cccc(OCC(=O)N(C)C)c1)NCC(C)(C)c1cccs1. The maximum absolute atomic E-state index is 11.7. The van der Waals surface area contributed by atoms with Gasteiger partial charge in [0.1, 0.15) is 5.75 Å². The number of thiophene rings is 1. The minimum Gasteiger partial charge on any atom is -0.484 e. The number of rotatable bonds is 8. The fourth-order valence-electron chi connectivity index (χ4n) is 2.48. The zero-order valence-corrected chi connectivity index (χ0v) is 18.1. The Bertz CT molecular complexity index is 785. The van der Waals surface area contributed by atoms with Crippen molar-refractivity contribution in [2.24, 2.45) is 4.99 Å². The lowest BCUT2D eigenvalue weighted by Crippen LogP contribution is -2.42. The second kappa shape index (κ2) is 10.1. The number of carbonyl (C=O) groups is 1. The van der Waals surface area contributed by atoms with E-state index in [9.17, 15) is 4.79 Å². The average Bonchev–Trinajstić information content (AvgIpc) is 3.22. The second-order valence-corrected chi connectivity index (χ2v) is 8.31. The summed E-state index contributed by atoms with van der Waals surface area (Å²) in [4.78, 5) is 18.8. The minimum atomic E-state index is -0.0681. The number of likely N-dealkylation sites (N-methyl/N-ethyl adjacent to an activating group) is 1. The van der Waals surface area contributed by atoms with Gasteiger partial charge in [0, 0.05) is 44.5 Å². The van der Waals surface area contributed by atoms with Crippen LogP contribution in [-0.4, -0.2) is 51.1 Å². The van der Waals surface area contributed by atoms with Gasteiger partial charge < -0.3 is 20.3 Å². The van der Waals surface area contributed by atoms with Gasteiger partial charge >= 0.3 is 0 Å². The Morgan fingerprint density at radius 3 is 2.64 bits per heavy atom. The maximum atomic E-state index is 11.7. The highest BCUT2D eigenvalue weighted by molar-refractivity contribution is 7.10. The molecule has 0 unspecified atom stereocenters. The minimum absolute atomic E-state index is 0.0263. The molecule has 28 heavy (non-hydrogen) atoms. The molecule has 0 atom stereocenters. The third-order valence-corrected chi connectivity index (χ3v) is 5.56. The van der Waals surface area contributed by atoms with Gasteiger partial charge in [0.05, 0.1) is 0 Å². The lowest BCUT2D eigenvalue weighted by Gasteiger charge is -2.25. The molecule has 1 aromatic heterocycles. The number of guanidine groups is 1. The molecule has 0 bridgehead atoms. The molecule has 7 heteroatoms. The van der Waals surface area contributed by atoms with Crippen molar-refractivity contribution in [2.45, 2.75) is 25.8 Å². The van der Waals surface area contributed by atoms with Gasteiger partial charge in [-0.2, -0.15) is 0 Å². The molecule has 0 aliphatic rings. The molecule has 2 aromatic rings. The quantitative estimate of drug-likeness (QED) is 0.526. The van der Waals surface area contributed by atoms with Crippen LogP contribution in [0.25, 0.3) is 0 Å². The maximum Gasteiger partial charge on any atom is 0.259 e. The van der Waals surface area contributed by atoms with Crippen molar-refractivity contribution in [1.29, 1.82) is 0 Å². The van der Waals surface area contributed by atoms with Crippen molar-refractivity contribution in [3.8, 4) is 5.75 Å². The van der Waals surface area contributed by atoms with Gasteiger partial charge in [-0.3, -0.25) is 9.79 Å². The number of hydrogen-bond donors (Lipinski definition) is 2. The van der Waals surface area contributed by atoms with E-state index in [0.717, 1.165) is 18.1 Å². The third kappa shape index (κ3) is 6.56. The summed E-state index contributed by atoms with van der Waals surface area (Å²) in [6.07, 6.45) is 0. The molecule has 0 aliphatic carbocycles. The predicted octanol–water partition coefficient (Wildman–Crippen LogP) is 2.86. The van der Waals surface area contributed by atoms with E-state index < -0.39 is 0 Å². The van der Waals surface area contributed by atoms with E-state index in [4.69, 9.17) is 4.74 Å². The lowest BCUT2D eigenvalue weighted by atomic mass is 9.91. The molecule has 1 heterocycles. The first kappa shape index (κ1) is 21.8. The predicted molar refractivity (Wildman–Crippen MR) is 116 cm³/mol. The average molecular weight is 403 g/mol. The van der Waals surface area contributed by atoms with Gasteiger partial charge in [0.25, 0.3) is 5.91 Å². The summed E-state index contributed by atoms with van der Waals surface area (Å²) in [6, 6.07) is 12.0. The van der Waals surface area contributed by atoms with Crippen LogP contribution in [0.5, 0.6) is 5.75 Å². The van der Waals surface area contributed by atoms with Crippen molar-refractivity contribution in [1.82, 2.24) is 15.5 Å². The summed E-state index contributed by atoms with van der Waals surface area (Å²) < 4.78 is 5.57. The molecule has 0 fully saturated rings. The monoisotopic (exact) mass is 402 g/mol. The highest BCUT2D eigenvalue weighted by atomic mass is 32.1. The van der Waals surface area contributed by atoms with Crippen LogP contribution in [0.3, 0.4) is 0 Å². The molecular weight excluding hydrogens is 372 g/mol. The number of amides is 1. The van der Waals surface area contributed by atoms with Crippen LogP contribution < -0.4 is 15.4 Å². The molecule has 0 aliphatic heterocycles. The molecular formula is C21H30N4O2S. The third-order valence-electron chi connectivity index (χ3n) is 4.33. The highest BCUT2D eigenvalue weighted by Crippen LogP contribution is 2.26. The van der Waals surface area contributed by atoms with E-state index in [2.05, 4.69) is 47.0 Å². The van der Waals surface area contributed by atoms with Gasteiger partial charge in [0.2, 0.25) is 0 Å². The molecule has 152 valence electrons. The Morgan fingerprint density at radius 1 is 1.21 bits per heavy atom. The number of nitrogens with one attached hydrogen (secondary N) is 2. The lowest BCUT2D eigenvalue weighted by molar-refractivity contribution is -0.130. The van der Waals surface area contributed by atoms with E-state index in [1.807, 2.05) is 24.3 Å². The van der Waals surface area contributed by atoms with Crippen LogP contribution in [0.1, 0.15) is 24.3 Å². The number of carbonyl (C=O) groups excluding carboxylic acids is 1. The number of hydrogen-bond acceptors (Lipinski definition) is 4. The topological polar surface area (TPSA) is 66.0 Å². The standard InChI is InChI=1S/C21H30N4O2S/c1-21(2,18-10-7-11-28-18)15-24-20(22-3)23-13-16-8-6-9-17(12-16)27-14-19(26)25(4)5/h6-12H,13-15H2,1-5H3,(H2,22,23,24). The van der Waals surface area contributed by atoms with Gasteiger partial charge in [-0.1, -0.05) is 32.0 Å². The zero-order valence-electron chi connectivity index (χ0n) is 17.3. The number of benzene rings is 1. The summed E-state index contributed by atoms with van der Waals surface area (Å²) in [5.74, 6) is 1.36. The summed E-state index contributed by atoms with van der Waals surface area (Å²) in [6.45, 7) is 5.86. The first-order chi connectivity index (χ1) is 13.3. The van der Waals surface area contributed by atoms with E-state index in [0.29, 0.717) is 12.3 Å². The van der Waals surface area contributed by atoms with Crippen molar-refractivity contribution in [3.05, 3.63) is 52.2 Å². The normalized spacial score (nSPS) is 11.8. The molecule has 6 nitrogen and oxygen atoms in total. The fraction of sp³-hybridized carbons (Fsp3) is 0.429. The molecule has 0 spiro atoms. The fourth-order valence-corrected chi connectivity index (χ4v) is 3.33. The number of aliphatic imine (C=N–C) groups is 1. The molecule has 2 rings (SSSR count). The molecule has 0 saturated carbocycles. The van der Waals surface area contributed by atoms with E-state index in [-0.39, 0.29) is 17.9 Å². The Kier molecular flexibility index (Phi) is 7.87. The summed E-state index contributed by atoms with van der Waals surface area (Å²) in [5, 5.41) is 8.83. The Hall–Kier alpha value is -2.54. The molecule has 1 amide bonds. The second-order valence-electron chi connectivity index (χ2n) is 7.36. The van der Waals surface area contributed by atoms with Gasteiger partial charge in [-0.25, -0.2) is 0 Å². The first-order valence-electron chi connectivity index (χ1n) is 9.22. The van der Waals surface area contributed by atoms with Crippen LogP contribution in [0.4, 0.5) is 0 Å². The molecule has 2 N–H and O–H groups in total. The van der Waals surface area contributed by atoms with Gasteiger partial charge in [-0.15, -0.1) is 11.3 Å². The van der Waals surface area contributed by atoms with Crippen LogP contribution in [-0.2, 0) is 16.8 Å². The smallest absolute Gasteiger partial charge is 0.259 e. The summed E-state index contributed by atoms with van der Waals surface area (Å²) in [7, 11) is 5.19. The van der Waals surface area contributed by atoms with E-state index in [1.165, 1.54) is 9.78 Å². The van der Waals surface area contributed by atoms with Crippen LogP contribution in [0.15, 0.2) is 46.8 Å². The van der Waals surface area contributed by atoms with Crippen LogP contribution in [0.2, 0.25) is 0 Å². The Morgan fingerprint density at radius 2 is 2.00 bits per heavy atom. The van der Waals surface area contributed by atoms with Gasteiger partial charge in [0.15, 0.2) is 12.6 Å².